The third kappa shape index (κ3) is 2.79. The number of aromatic nitrogens is 4. The Kier molecular flexibility index (Phi) is 3.99. The molecule has 0 aromatic carbocycles. The number of hydrogen-bond donors (Lipinski definition) is 0. The fourth-order valence-electron chi connectivity index (χ4n) is 3.73. The van der Waals surface area contributed by atoms with Crippen molar-refractivity contribution in [3.63, 3.8) is 0 Å². The third-order valence-corrected chi connectivity index (χ3v) is 5.02. The molecule has 1 atom stereocenters. The summed E-state index contributed by atoms with van der Waals surface area (Å²) >= 11 is 0. The van der Waals surface area contributed by atoms with Gasteiger partial charge in [0.1, 0.15) is 12.1 Å². The molecule has 0 N–H and O–H groups in total. The predicted octanol–water partition coefficient (Wildman–Crippen LogP) is 2.63. The van der Waals surface area contributed by atoms with Crippen LogP contribution in [0.4, 0.5) is 0 Å². The normalized spacial score (nSPS) is 17.5. The molecule has 3 aromatic heterocycles. The Morgan fingerprint density at radius 1 is 1.40 bits per heavy atom. The van der Waals surface area contributed by atoms with Crippen LogP contribution in [0.5, 0.6) is 0 Å². The quantitative estimate of drug-likeness (QED) is 0.730. The average molecular weight is 339 g/mol. The molecule has 0 aliphatic carbocycles. The number of amides is 1. The Labute approximate surface area is 145 Å². The van der Waals surface area contributed by atoms with Crippen LogP contribution in [0, 0.1) is 13.8 Å². The van der Waals surface area contributed by atoms with Crippen molar-refractivity contribution in [3.8, 4) is 0 Å². The van der Waals surface area contributed by atoms with E-state index in [9.17, 15) is 4.79 Å². The van der Waals surface area contributed by atoms with E-state index in [-0.39, 0.29) is 11.9 Å². The van der Waals surface area contributed by atoms with Gasteiger partial charge in [-0.2, -0.15) is 10.1 Å². The molecule has 0 bridgehead atoms. The third-order valence-electron chi connectivity index (χ3n) is 5.02. The summed E-state index contributed by atoms with van der Waals surface area (Å²) in [5, 5.41) is 4.21. The van der Waals surface area contributed by atoms with Gasteiger partial charge in [-0.1, -0.05) is 0 Å². The van der Waals surface area contributed by atoms with E-state index in [1.807, 2.05) is 30.9 Å². The molecule has 130 valence electrons. The maximum atomic E-state index is 12.8. The van der Waals surface area contributed by atoms with E-state index >= 15 is 0 Å². The van der Waals surface area contributed by atoms with Crippen molar-refractivity contribution in [3.05, 3.63) is 47.4 Å². The Bertz CT molecular complexity index is 900. The SMILES string of the molecule is Cc1nc2ncnn2c(C)c1CCC(=O)N1CCC[C@@H]1c1ccco1. The molecule has 0 saturated carbocycles. The molecule has 1 aliphatic rings. The minimum Gasteiger partial charge on any atom is -0.467 e. The van der Waals surface area contributed by atoms with Crippen LogP contribution in [0.15, 0.2) is 29.1 Å². The summed E-state index contributed by atoms with van der Waals surface area (Å²) in [6.07, 6.45) is 6.26. The van der Waals surface area contributed by atoms with Crippen molar-refractivity contribution < 1.29 is 9.21 Å². The summed E-state index contributed by atoms with van der Waals surface area (Å²) in [5.74, 6) is 1.64. The number of carbonyl (C=O) groups excluding carboxylic acids is 1. The maximum absolute atomic E-state index is 12.8. The summed E-state index contributed by atoms with van der Waals surface area (Å²) in [4.78, 5) is 23.3. The predicted molar refractivity (Wildman–Crippen MR) is 91.0 cm³/mol. The molecule has 1 fully saturated rings. The molecule has 25 heavy (non-hydrogen) atoms. The van der Waals surface area contributed by atoms with Crippen LogP contribution in [-0.4, -0.2) is 36.9 Å². The first-order valence-corrected chi connectivity index (χ1v) is 8.64. The van der Waals surface area contributed by atoms with Crippen LogP contribution < -0.4 is 0 Å². The van der Waals surface area contributed by atoms with Crippen LogP contribution in [0.1, 0.15) is 48.0 Å². The number of carbonyl (C=O) groups is 1. The highest BCUT2D eigenvalue weighted by Gasteiger charge is 2.31. The van der Waals surface area contributed by atoms with Crippen molar-refractivity contribution >= 4 is 11.7 Å². The molecule has 1 saturated heterocycles. The van der Waals surface area contributed by atoms with Crippen molar-refractivity contribution in [2.24, 2.45) is 0 Å². The maximum Gasteiger partial charge on any atom is 0.252 e. The lowest BCUT2D eigenvalue weighted by Crippen LogP contribution is -2.30. The molecule has 0 radical (unpaired) electrons. The van der Waals surface area contributed by atoms with E-state index in [0.29, 0.717) is 18.6 Å². The number of hydrogen-bond acceptors (Lipinski definition) is 5. The number of nitrogens with zero attached hydrogens (tertiary/aromatic N) is 5. The van der Waals surface area contributed by atoms with Crippen LogP contribution in [-0.2, 0) is 11.2 Å². The number of fused-ring (bicyclic) bond motifs is 1. The van der Waals surface area contributed by atoms with Gasteiger partial charge in [0, 0.05) is 24.4 Å². The molecular weight excluding hydrogens is 318 g/mol. The van der Waals surface area contributed by atoms with Gasteiger partial charge in [0.25, 0.3) is 5.78 Å². The van der Waals surface area contributed by atoms with E-state index in [0.717, 1.165) is 42.1 Å². The van der Waals surface area contributed by atoms with Gasteiger partial charge in [-0.3, -0.25) is 4.79 Å². The minimum atomic E-state index is 0.0700. The zero-order valence-corrected chi connectivity index (χ0v) is 14.5. The zero-order chi connectivity index (χ0) is 17.4. The molecule has 0 spiro atoms. The molecule has 1 aliphatic heterocycles. The van der Waals surface area contributed by atoms with Gasteiger partial charge in [-0.15, -0.1) is 0 Å². The highest BCUT2D eigenvalue weighted by Crippen LogP contribution is 2.32. The lowest BCUT2D eigenvalue weighted by molar-refractivity contribution is -0.132. The van der Waals surface area contributed by atoms with Gasteiger partial charge >= 0.3 is 0 Å². The van der Waals surface area contributed by atoms with Crippen LogP contribution in [0.2, 0.25) is 0 Å². The van der Waals surface area contributed by atoms with E-state index in [4.69, 9.17) is 4.42 Å². The number of rotatable bonds is 4. The smallest absolute Gasteiger partial charge is 0.252 e. The van der Waals surface area contributed by atoms with Gasteiger partial charge in [0.05, 0.1) is 12.3 Å². The topological polar surface area (TPSA) is 76.5 Å². The summed E-state index contributed by atoms with van der Waals surface area (Å²) in [5.41, 5.74) is 2.98. The Morgan fingerprint density at radius 3 is 3.08 bits per heavy atom. The number of likely N-dealkylation sites (tertiary alicyclic amines) is 1. The molecule has 0 unspecified atom stereocenters. The van der Waals surface area contributed by atoms with Crippen LogP contribution in [0.3, 0.4) is 0 Å². The second-order valence-electron chi connectivity index (χ2n) is 6.49. The Morgan fingerprint density at radius 2 is 2.28 bits per heavy atom. The van der Waals surface area contributed by atoms with Gasteiger partial charge in [0.15, 0.2) is 0 Å². The van der Waals surface area contributed by atoms with Crippen molar-refractivity contribution in [2.45, 2.75) is 45.6 Å². The zero-order valence-electron chi connectivity index (χ0n) is 14.5. The van der Waals surface area contributed by atoms with E-state index < -0.39 is 0 Å². The van der Waals surface area contributed by atoms with Gasteiger partial charge in [-0.05, 0) is 50.8 Å². The number of aryl methyl sites for hydroxylation is 2. The van der Waals surface area contributed by atoms with Gasteiger partial charge in [-0.25, -0.2) is 9.50 Å². The molecule has 4 heterocycles. The van der Waals surface area contributed by atoms with Gasteiger partial charge in [0.2, 0.25) is 5.91 Å². The Hall–Kier alpha value is -2.70. The second-order valence-corrected chi connectivity index (χ2v) is 6.49. The fraction of sp³-hybridized carbons (Fsp3) is 0.444. The minimum absolute atomic E-state index is 0.0700. The first kappa shape index (κ1) is 15.8. The average Bonchev–Trinajstić information content (AvgIpc) is 3.33. The van der Waals surface area contributed by atoms with E-state index in [2.05, 4.69) is 15.1 Å². The van der Waals surface area contributed by atoms with Gasteiger partial charge < -0.3 is 9.32 Å². The number of furan rings is 1. The first-order valence-electron chi connectivity index (χ1n) is 8.64. The molecule has 1 amide bonds. The monoisotopic (exact) mass is 339 g/mol. The molecular formula is C18H21N5O2. The highest BCUT2D eigenvalue weighted by atomic mass is 16.3. The van der Waals surface area contributed by atoms with Crippen molar-refractivity contribution in [1.82, 2.24) is 24.5 Å². The second kappa shape index (κ2) is 6.31. The lowest BCUT2D eigenvalue weighted by atomic mass is 10.1. The van der Waals surface area contributed by atoms with Crippen LogP contribution in [0.25, 0.3) is 5.78 Å². The summed E-state index contributed by atoms with van der Waals surface area (Å²) in [7, 11) is 0. The summed E-state index contributed by atoms with van der Waals surface area (Å²) < 4.78 is 7.25. The first-order chi connectivity index (χ1) is 12.1. The Balaban J connectivity index is 1.50. The fourth-order valence-corrected chi connectivity index (χ4v) is 3.73. The largest absolute Gasteiger partial charge is 0.467 e. The standard InChI is InChI=1S/C18H21N5O2/c1-12-14(13(2)23-18(21-12)19-11-20-23)7-8-17(24)22-9-3-5-15(22)16-6-4-10-25-16/h4,6,10-11,15H,3,5,7-9H2,1-2H3/t15-/m1/s1. The molecule has 7 heteroatoms. The van der Waals surface area contributed by atoms with E-state index in [1.54, 1.807) is 10.8 Å². The van der Waals surface area contributed by atoms with E-state index in [1.165, 1.54) is 6.33 Å². The van der Waals surface area contributed by atoms with Crippen molar-refractivity contribution in [1.29, 1.82) is 0 Å². The summed E-state index contributed by atoms with van der Waals surface area (Å²) in [6, 6.07) is 3.90. The summed E-state index contributed by atoms with van der Waals surface area (Å²) in [6.45, 7) is 4.75. The molecule has 4 rings (SSSR count). The molecule has 7 nitrogen and oxygen atoms in total. The van der Waals surface area contributed by atoms with Crippen LogP contribution >= 0.6 is 0 Å². The lowest BCUT2D eigenvalue weighted by Gasteiger charge is -2.23. The molecule has 3 aromatic rings. The highest BCUT2D eigenvalue weighted by molar-refractivity contribution is 5.77. The van der Waals surface area contributed by atoms with Crippen molar-refractivity contribution in [2.75, 3.05) is 6.54 Å².